The highest BCUT2D eigenvalue weighted by Gasteiger charge is 2.18. The molecule has 1 unspecified atom stereocenters. The molecule has 0 saturated heterocycles. The van der Waals surface area contributed by atoms with Crippen molar-refractivity contribution in [2.24, 2.45) is 0 Å². The molecule has 1 aromatic carbocycles. The molecule has 0 bridgehead atoms. The summed E-state index contributed by atoms with van der Waals surface area (Å²) in [5.41, 5.74) is 2.70. The van der Waals surface area contributed by atoms with Crippen LogP contribution in [0.1, 0.15) is 26.9 Å². The summed E-state index contributed by atoms with van der Waals surface area (Å²) in [5, 5.41) is -0.270. The molecular formula is C13H11Cl2FS. The van der Waals surface area contributed by atoms with Gasteiger partial charge < -0.3 is 0 Å². The summed E-state index contributed by atoms with van der Waals surface area (Å²) < 4.78 is 13.9. The first-order valence-electron chi connectivity index (χ1n) is 5.15. The number of halogens is 3. The molecule has 17 heavy (non-hydrogen) atoms. The summed E-state index contributed by atoms with van der Waals surface area (Å²) >= 11 is 13.8. The number of benzene rings is 1. The topological polar surface area (TPSA) is 0 Å². The van der Waals surface area contributed by atoms with Crippen LogP contribution in [0.25, 0.3) is 0 Å². The monoisotopic (exact) mass is 288 g/mol. The fourth-order valence-corrected chi connectivity index (χ4v) is 3.53. The molecule has 0 radical (unpaired) electrons. The Hall–Kier alpha value is -0.570. The Labute approximate surface area is 114 Å². The molecule has 1 atom stereocenters. The Morgan fingerprint density at radius 3 is 2.24 bits per heavy atom. The van der Waals surface area contributed by atoms with E-state index in [-0.39, 0.29) is 11.2 Å². The van der Waals surface area contributed by atoms with Gasteiger partial charge in [0.15, 0.2) is 0 Å². The van der Waals surface area contributed by atoms with Gasteiger partial charge in [0.1, 0.15) is 5.82 Å². The smallest absolute Gasteiger partial charge is 0.123 e. The van der Waals surface area contributed by atoms with Gasteiger partial charge in [-0.15, -0.1) is 22.9 Å². The second-order valence-electron chi connectivity index (χ2n) is 3.96. The molecule has 0 fully saturated rings. The molecule has 0 spiro atoms. The van der Waals surface area contributed by atoms with Gasteiger partial charge in [-0.2, -0.15) is 0 Å². The predicted molar refractivity (Wildman–Crippen MR) is 72.9 cm³/mol. The molecule has 0 amide bonds. The van der Waals surface area contributed by atoms with Crippen molar-refractivity contribution in [2.75, 3.05) is 0 Å². The van der Waals surface area contributed by atoms with E-state index in [4.69, 9.17) is 23.2 Å². The second-order valence-corrected chi connectivity index (χ2v) is 6.14. The number of aryl methyl sites for hydroxylation is 2. The van der Waals surface area contributed by atoms with Crippen LogP contribution < -0.4 is 0 Å². The Morgan fingerprint density at radius 1 is 1.18 bits per heavy atom. The van der Waals surface area contributed by atoms with Crippen LogP contribution in [0.15, 0.2) is 24.3 Å². The molecule has 0 aliphatic carbocycles. The van der Waals surface area contributed by atoms with Crippen molar-refractivity contribution in [1.82, 2.24) is 0 Å². The van der Waals surface area contributed by atoms with Crippen molar-refractivity contribution in [3.8, 4) is 0 Å². The Balaban J connectivity index is 2.47. The molecular weight excluding hydrogens is 278 g/mol. The average molecular weight is 289 g/mol. The molecule has 0 N–H and O–H groups in total. The fourth-order valence-electron chi connectivity index (χ4n) is 1.93. The van der Waals surface area contributed by atoms with Crippen molar-refractivity contribution >= 4 is 34.5 Å². The van der Waals surface area contributed by atoms with Gasteiger partial charge in [-0.1, -0.05) is 11.6 Å². The van der Waals surface area contributed by atoms with E-state index in [0.717, 1.165) is 21.6 Å². The van der Waals surface area contributed by atoms with Crippen LogP contribution in [-0.4, -0.2) is 0 Å². The van der Waals surface area contributed by atoms with E-state index in [1.807, 2.05) is 26.0 Å². The molecule has 90 valence electrons. The Bertz CT molecular complexity index is 525. The number of thiophene rings is 1. The van der Waals surface area contributed by atoms with Gasteiger partial charge in [-0.05, 0) is 54.8 Å². The molecule has 2 aromatic rings. The third kappa shape index (κ3) is 2.65. The van der Waals surface area contributed by atoms with Crippen molar-refractivity contribution in [2.45, 2.75) is 19.2 Å². The lowest BCUT2D eigenvalue weighted by Crippen LogP contribution is -1.99. The van der Waals surface area contributed by atoms with E-state index >= 15 is 0 Å². The van der Waals surface area contributed by atoms with Gasteiger partial charge in [-0.25, -0.2) is 4.39 Å². The first-order valence-corrected chi connectivity index (χ1v) is 6.78. The Kier molecular flexibility index (Phi) is 3.76. The minimum absolute atomic E-state index is 0.225. The van der Waals surface area contributed by atoms with Crippen LogP contribution in [0.3, 0.4) is 0 Å². The maximum Gasteiger partial charge on any atom is 0.123 e. The lowest BCUT2D eigenvalue weighted by atomic mass is 9.99. The lowest BCUT2D eigenvalue weighted by molar-refractivity contribution is 0.624. The SMILES string of the molecule is Cc1cc(F)cc(C)c1C(Cl)c1ccc(Cl)s1. The van der Waals surface area contributed by atoms with Crippen LogP contribution in [0, 0.1) is 19.7 Å². The standard InChI is InChI=1S/C13H11Cl2FS/c1-7-5-9(16)6-8(2)12(7)13(15)10-3-4-11(14)17-10/h3-6,13H,1-2H3. The summed E-state index contributed by atoms with van der Waals surface area (Å²) in [6.07, 6.45) is 0. The van der Waals surface area contributed by atoms with Gasteiger partial charge in [0.2, 0.25) is 0 Å². The van der Waals surface area contributed by atoms with Crippen LogP contribution >= 0.6 is 34.5 Å². The summed E-state index contributed by atoms with van der Waals surface area (Å²) in [5.74, 6) is -0.225. The third-order valence-corrected chi connectivity index (χ3v) is 4.53. The van der Waals surface area contributed by atoms with E-state index in [1.165, 1.54) is 23.5 Å². The maximum absolute atomic E-state index is 13.2. The summed E-state index contributed by atoms with van der Waals surface area (Å²) in [7, 11) is 0. The van der Waals surface area contributed by atoms with Crippen LogP contribution in [-0.2, 0) is 0 Å². The number of alkyl halides is 1. The molecule has 0 saturated carbocycles. The van der Waals surface area contributed by atoms with Gasteiger partial charge >= 0.3 is 0 Å². The van der Waals surface area contributed by atoms with Gasteiger partial charge in [0, 0.05) is 4.88 Å². The molecule has 0 nitrogen and oxygen atoms in total. The van der Waals surface area contributed by atoms with E-state index < -0.39 is 0 Å². The summed E-state index contributed by atoms with van der Waals surface area (Å²) in [6, 6.07) is 6.75. The van der Waals surface area contributed by atoms with E-state index in [1.54, 1.807) is 0 Å². The molecule has 0 aliphatic rings. The molecule has 0 aliphatic heterocycles. The van der Waals surface area contributed by atoms with Crippen molar-refractivity contribution in [3.05, 3.63) is 56.0 Å². The number of hydrogen-bond donors (Lipinski definition) is 0. The summed E-state index contributed by atoms with van der Waals surface area (Å²) in [4.78, 5) is 0.981. The minimum Gasteiger partial charge on any atom is -0.207 e. The van der Waals surface area contributed by atoms with Crippen molar-refractivity contribution < 1.29 is 4.39 Å². The largest absolute Gasteiger partial charge is 0.207 e. The van der Waals surface area contributed by atoms with Crippen molar-refractivity contribution in [3.63, 3.8) is 0 Å². The highest BCUT2D eigenvalue weighted by molar-refractivity contribution is 7.16. The van der Waals surface area contributed by atoms with Crippen LogP contribution in [0.5, 0.6) is 0 Å². The van der Waals surface area contributed by atoms with Gasteiger partial charge in [0.05, 0.1) is 9.71 Å². The second kappa shape index (κ2) is 4.97. The zero-order valence-electron chi connectivity index (χ0n) is 9.43. The highest BCUT2D eigenvalue weighted by Crippen LogP contribution is 2.38. The molecule has 4 heteroatoms. The highest BCUT2D eigenvalue weighted by atomic mass is 35.5. The predicted octanol–water partition coefficient (Wildman–Crippen LogP) is 5.49. The van der Waals surface area contributed by atoms with E-state index in [2.05, 4.69) is 0 Å². The van der Waals surface area contributed by atoms with Gasteiger partial charge in [-0.3, -0.25) is 0 Å². The summed E-state index contributed by atoms with van der Waals surface area (Å²) in [6.45, 7) is 3.74. The van der Waals surface area contributed by atoms with E-state index in [9.17, 15) is 4.39 Å². The third-order valence-electron chi connectivity index (χ3n) is 2.66. The fraction of sp³-hybridized carbons (Fsp3) is 0.231. The molecule has 1 heterocycles. The average Bonchev–Trinajstić information content (AvgIpc) is 2.63. The van der Waals surface area contributed by atoms with E-state index in [0.29, 0.717) is 4.34 Å². The molecule has 2 rings (SSSR count). The minimum atomic E-state index is -0.270. The normalized spacial score (nSPS) is 12.8. The number of rotatable bonds is 2. The first kappa shape index (κ1) is 12.9. The quantitative estimate of drug-likeness (QED) is 0.642. The Morgan fingerprint density at radius 2 is 1.76 bits per heavy atom. The number of hydrogen-bond acceptors (Lipinski definition) is 1. The van der Waals surface area contributed by atoms with Crippen LogP contribution in [0.4, 0.5) is 4.39 Å². The lowest BCUT2D eigenvalue weighted by Gasteiger charge is -2.14. The zero-order valence-corrected chi connectivity index (χ0v) is 11.8. The van der Waals surface area contributed by atoms with Crippen LogP contribution in [0.2, 0.25) is 4.34 Å². The maximum atomic E-state index is 13.2. The zero-order chi connectivity index (χ0) is 12.6. The first-order chi connectivity index (χ1) is 7.99. The van der Waals surface area contributed by atoms with Gasteiger partial charge in [0.25, 0.3) is 0 Å². The van der Waals surface area contributed by atoms with Crippen molar-refractivity contribution in [1.29, 1.82) is 0 Å². The molecule has 1 aromatic heterocycles.